The van der Waals surface area contributed by atoms with E-state index in [9.17, 15) is 4.79 Å². The summed E-state index contributed by atoms with van der Waals surface area (Å²) < 4.78 is 11.6. The van der Waals surface area contributed by atoms with Gasteiger partial charge in [-0.3, -0.25) is 0 Å². The minimum Gasteiger partial charge on any atom is -0.485 e. The Balaban J connectivity index is 1.90. The molecule has 7 heteroatoms. The average molecular weight is 440 g/mol. The standard InChI is InChI=1S/C21H30ClNO3SSi/c1-23(21(24)25-13-15-28(2,3)4)12-11-19(20-6-5-14-27-20)26-18-9-7-17(16-22)8-10-18/h5-10,14,19H,11-13,15-16H2,1-4H3/t19-/m0/s1. The number of ether oxygens (including phenoxy) is 2. The molecule has 1 atom stereocenters. The predicted molar refractivity (Wildman–Crippen MR) is 120 cm³/mol. The lowest BCUT2D eigenvalue weighted by Crippen LogP contribution is -2.31. The van der Waals surface area contributed by atoms with E-state index in [-0.39, 0.29) is 12.2 Å². The highest BCUT2D eigenvalue weighted by atomic mass is 35.5. The Labute approximate surface area is 178 Å². The van der Waals surface area contributed by atoms with E-state index in [1.54, 1.807) is 23.3 Å². The number of thiophene rings is 1. The average Bonchev–Trinajstić information content (AvgIpc) is 3.18. The Morgan fingerprint density at radius 1 is 1.21 bits per heavy atom. The molecule has 2 rings (SSSR count). The van der Waals surface area contributed by atoms with Crippen molar-refractivity contribution in [2.24, 2.45) is 0 Å². The van der Waals surface area contributed by atoms with Crippen LogP contribution in [-0.4, -0.2) is 39.3 Å². The van der Waals surface area contributed by atoms with Gasteiger partial charge in [0.25, 0.3) is 0 Å². The first-order valence-corrected chi connectivity index (χ1v) is 14.6. The number of carbonyl (C=O) groups excluding carboxylic acids is 1. The third-order valence-electron chi connectivity index (χ3n) is 4.33. The number of alkyl halides is 1. The molecule has 1 amide bonds. The van der Waals surface area contributed by atoms with Gasteiger partial charge in [0.05, 0.1) is 6.61 Å². The second-order valence-electron chi connectivity index (χ2n) is 8.03. The molecule has 1 heterocycles. The molecule has 154 valence electrons. The van der Waals surface area contributed by atoms with Crippen LogP contribution in [0.15, 0.2) is 41.8 Å². The van der Waals surface area contributed by atoms with E-state index in [1.165, 1.54) is 0 Å². The highest BCUT2D eigenvalue weighted by Gasteiger charge is 2.19. The zero-order valence-corrected chi connectivity index (χ0v) is 19.7. The second kappa shape index (κ2) is 10.9. The molecule has 0 N–H and O–H groups in total. The van der Waals surface area contributed by atoms with Crippen molar-refractivity contribution in [3.05, 3.63) is 52.2 Å². The summed E-state index contributed by atoms with van der Waals surface area (Å²) in [4.78, 5) is 15.0. The number of benzene rings is 1. The second-order valence-corrected chi connectivity index (χ2v) is 14.9. The molecule has 4 nitrogen and oxygen atoms in total. The summed E-state index contributed by atoms with van der Waals surface area (Å²) in [6, 6.07) is 12.9. The fraction of sp³-hybridized carbons (Fsp3) is 0.476. The number of amides is 1. The maximum absolute atomic E-state index is 12.2. The van der Waals surface area contributed by atoms with Gasteiger partial charge in [0.2, 0.25) is 0 Å². The Kier molecular flexibility index (Phi) is 8.85. The molecule has 0 aliphatic carbocycles. The molecule has 0 saturated heterocycles. The third-order valence-corrected chi connectivity index (χ3v) is 7.31. The summed E-state index contributed by atoms with van der Waals surface area (Å²) in [5.41, 5.74) is 1.06. The molecule has 0 unspecified atom stereocenters. The van der Waals surface area contributed by atoms with Crippen LogP contribution in [0.1, 0.15) is 23.0 Å². The summed E-state index contributed by atoms with van der Waals surface area (Å²) in [5.74, 6) is 1.28. The van der Waals surface area contributed by atoms with Crippen molar-refractivity contribution in [2.75, 3.05) is 20.2 Å². The number of carbonyl (C=O) groups is 1. The van der Waals surface area contributed by atoms with Gasteiger partial charge in [-0.1, -0.05) is 37.8 Å². The topological polar surface area (TPSA) is 38.8 Å². The van der Waals surface area contributed by atoms with Gasteiger partial charge in [0.15, 0.2) is 0 Å². The maximum Gasteiger partial charge on any atom is 0.409 e. The quantitative estimate of drug-likeness (QED) is 0.317. The van der Waals surface area contributed by atoms with Crippen molar-refractivity contribution in [3.63, 3.8) is 0 Å². The van der Waals surface area contributed by atoms with Crippen LogP contribution in [0.25, 0.3) is 0 Å². The van der Waals surface area contributed by atoms with Gasteiger partial charge in [0.1, 0.15) is 11.9 Å². The largest absolute Gasteiger partial charge is 0.485 e. The Morgan fingerprint density at radius 2 is 1.93 bits per heavy atom. The van der Waals surface area contributed by atoms with Gasteiger partial charge >= 0.3 is 6.09 Å². The number of nitrogens with zero attached hydrogens (tertiary/aromatic N) is 1. The van der Waals surface area contributed by atoms with Crippen LogP contribution in [0.5, 0.6) is 5.75 Å². The molecule has 2 aromatic rings. The summed E-state index contributed by atoms with van der Waals surface area (Å²) in [5, 5.41) is 2.04. The van der Waals surface area contributed by atoms with Crippen LogP contribution < -0.4 is 4.74 Å². The molecule has 0 spiro atoms. The highest BCUT2D eigenvalue weighted by Crippen LogP contribution is 2.28. The van der Waals surface area contributed by atoms with E-state index in [0.717, 1.165) is 22.2 Å². The minimum absolute atomic E-state index is 0.112. The van der Waals surface area contributed by atoms with E-state index in [1.807, 2.05) is 35.7 Å². The van der Waals surface area contributed by atoms with Gasteiger partial charge in [-0.15, -0.1) is 22.9 Å². The molecule has 0 fully saturated rings. The zero-order valence-electron chi connectivity index (χ0n) is 17.1. The summed E-state index contributed by atoms with van der Waals surface area (Å²) in [7, 11) is 0.571. The Bertz CT molecular complexity index is 716. The molecule has 0 bridgehead atoms. The number of halogens is 1. The summed E-state index contributed by atoms with van der Waals surface area (Å²) >= 11 is 7.51. The van der Waals surface area contributed by atoms with Crippen LogP contribution >= 0.6 is 22.9 Å². The molecule has 1 aromatic carbocycles. The van der Waals surface area contributed by atoms with E-state index >= 15 is 0 Å². The summed E-state index contributed by atoms with van der Waals surface area (Å²) in [6.45, 7) is 7.87. The van der Waals surface area contributed by atoms with Gasteiger partial charge in [0, 0.05) is 38.8 Å². The number of hydrogen-bond acceptors (Lipinski definition) is 4. The van der Waals surface area contributed by atoms with Crippen LogP contribution in [0, 0.1) is 0 Å². The molecular formula is C21H30ClNO3SSi. The molecular weight excluding hydrogens is 410 g/mol. The fourth-order valence-corrected chi connectivity index (χ4v) is 4.19. The Morgan fingerprint density at radius 3 is 2.50 bits per heavy atom. The van der Waals surface area contributed by atoms with E-state index in [2.05, 4.69) is 25.7 Å². The van der Waals surface area contributed by atoms with Crippen molar-refractivity contribution in [2.45, 2.75) is 44.1 Å². The summed E-state index contributed by atoms with van der Waals surface area (Å²) in [6.07, 6.45) is 0.311. The van der Waals surface area contributed by atoms with Crippen LogP contribution in [-0.2, 0) is 10.6 Å². The lowest BCUT2D eigenvalue weighted by molar-refractivity contribution is 0.108. The number of rotatable bonds is 10. The molecule has 0 aliphatic heterocycles. The first-order valence-electron chi connectivity index (χ1n) is 9.51. The minimum atomic E-state index is -1.20. The molecule has 0 saturated carbocycles. The van der Waals surface area contributed by atoms with Crippen molar-refractivity contribution in [3.8, 4) is 5.75 Å². The third kappa shape index (κ3) is 7.85. The first kappa shape index (κ1) is 22.8. The van der Waals surface area contributed by atoms with Gasteiger partial charge in [-0.25, -0.2) is 4.79 Å². The molecule has 0 aliphatic rings. The molecule has 28 heavy (non-hydrogen) atoms. The van der Waals surface area contributed by atoms with Crippen molar-refractivity contribution in [1.82, 2.24) is 4.90 Å². The van der Waals surface area contributed by atoms with Crippen LogP contribution in [0.2, 0.25) is 25.7 Å². The SMILES string of the molecule is CN(CC[C@H](Oc1ccc(CCl)cc1)c1cccs1)C(=O)OCC[Si](C)(C)C. The van der Waals surface area contributed by atoms with Gasteiger partial charge in [-0.2, -0.15) is 0 Å². The van der Waals surface area contributed by atoms with Gasteiger partial charge < -0.3 is 14.4 Å². The maximum atomic E-state index is 12.2. The smallest absolute Gasteiger partial charge is 0.409 e. The molecule has 0 radical (unpaired) electrons. The lowest BCUT2D eigenvalue weighted by Gasteiger charge is -2.23. The van der Waals surface area contributed by atoms with Crippen LogP contribution in [0.3, 0.4) is 0 Å². The highest BCUT2D eigenvalue weighted by molar-refractivity contribution is 7.10. The predicted octanol–water partition coefficient (Wildman–Crippen LogP) is 6.40. The normalized spacial score (nSPS) is 12.5. The van der Waals surface area contributed by atoms with Crippen molar-refractivity contribution >= 4 is 37.1 Å². The van der Waals surface area contributed by atoms with Crippen molar-refractivity contribution in [1.29, 1.82) is 0 Å². The fourth-order valence-electron chi connectivity index (χ4n) is 2.51. The lowest BCUT2D eigenvalue weighted by atomic mass is 10.2. The van der Waals surface area contributed by atoms with E-state index in [4.69, 9.17) is 21.1 Å². The van der Waals surface area contributed by atoms with E-state index in [0.29, 0.717) is 25.5 Å². The zero-order chi connectivity index (χ0) is 20.6. The molecule has 1 aromatic heterocycles. The Hall–Kier alpha value is -1.50. The van der Waals surface area contributed by atoms with E-state index < -0.39 is 8.07 Å². The number of hydrogen-bond donors (Lipinski definition) is 0. The monoisotopic (exact) mass is 439 g/mol. The van der Waals surface area contributed by atoms with Crippen LogP contribution in [0.4, 0.5) is 4.79 Å². The first-order chi connectivity index (χ1) is 13.3. The van der Waals surface area contributed by atoms with Gasteiger partial charge in [-0.05, 0) is 35.2 Å². The van der Waals surface area contributed by atoms with Crippen molar-refractivity contribution < 1.29 is 14.3 Å².